The highest BCUT2D eigenvalue weighted by atomic mass is 16.5. The first-order chi connectivity index (χ1) is 16.4. The summed E-state index contributed by atoms with van der Waals surface area (Å²) in [4.78, 5) is 41.8. The van der Waals surface area contributed by atoms with Crippen LogP contribution in [0.4, 0.5) is 5.82 Å². The van der Waals surface area contributed by atoms with Crippen LogP contribution in [0.1, 0.15) is 77.3 Å². The van der Waals surface area contributed by atoms with Crippen LogP contribution in [0, 0.1) is 0 Å². The smallest absolute Gasteiger partial charge is 0.333 e. The van der Waals surface area contributed by atoms with Crippen molar-refractivity contribution in [2.45, 2.75) is 72.6 Å². The number of carbonyl (C=O) groups excluding carboxylic acids is 1. The van der Waals surface area contributed by atoms with E-state index in [-0.39, 0.29) is 34.7 Å². The van der Waals surface area contributed by atoms with Crippen molar-refractivity contribution in [1.82, 2.24) is 14.0 Å². The van der Waals surface area contributed by atoms with Gasteiger partial charge in [-0.3, -0.25) is 23.6 Å². The molecule has 0 aliphatic carbocycles. The Morgan fingerprint density at radius 2 is 1.51 bits per heavy atom. The SMILES string of the molecule is CC(=O)c1ccc(OC(C)(C)CCN2CCN(c3cc(=O)n(C(C)C)c(=O)n3C(C)C)CC2)cc1. The molecule has 8 nitrogen and oxygen atoms in total. The fourth-order valence-electron chi connectivity index (χ4n) is 4.52. The van der Waals surface area contributed by atoms with Crippen LogP contribution in [0.3, 0.4) is 0 Å². The highest BCUT2D eigenvalue weighted by molar-refractivity contribution is 5.94. The highest BCUT2D eigenvalue weighted by Gasteiger charge is 2.26. The fraction of sp³-hybridized carbons (Fsp3) is 0.593. The Labute approximate surface area is 208 Å². The predicted octanol–water partition coefficient (Wildman–Crippen LogP) is 3.74. The quantitative estimate of drug-likeness (QED) is 0.505. The molecule has 0 atom stereocenters. The normalized spacial score (nSPS) is 15.2. The van der Waals surface area contributed by atoms with E-state index in [1.807, 2.05) is 39.8 Å². The predicted molar refractivity (Wildman–Crippen MR) is 140 cm³/mol. The zero-order chi connectivity index (χ0) is 25.9. The van der Waals surface area contributed by atoms with Gasteiger partial charge in [-0.1, -0.05) is 0 Å². The number of nitrogens with zero attached hydrogens (tertiary/aromatic N) is 4. The van der Waals surface area contributed by atoms with Gasteiger partial charge in [0.1, 0.15) is 17.2 Å². The summed E-state index contributed by atoms with van der Waals surface area (Å²) in [7, 11) is 0. The molecule has 0 unspecified atom stereocenters. The van der Waals surface area contributed by atoms with Crippen molar-refractivity contribution in [2.24, 2.45) is 0 Å². The maximum absolute atomic E-state index is 13.1. The van der Waals surface area contributed by atoms with Gasteiger partial charge in [0, 0.05) is 56.4 Å². The van der Waals surface area contributed by atoms with Crippen molar-refractivity contribution in [3.63, 3.8) is 0 Å². The summed E-state index contributed by atoms with van der Waals surface area (Å²) in [5.74, 6) is 1.51. The van der Waals surface area contributed by atoms with Gasteiger partial charge in [-0.05, 0) is 79.2 Å². The third kappa shape index (κ3) is 6.42. The molecule has 0 radical (unpaired) electrons. The Morgan fingerprint density at radius 1 is 0.943 bits per heavy atom. The molecule has 0 amide bonds. The standard InChI is InChI=1S/C27H40N4O4/c1-19(2)30-24(18-25(33)31(20(3)4)26(30)34)29-16-14-28(15-17-29)13-12-27(6,7)35-23-10-8-22(9-11-23)21(5)32/h8-11,18-20H,12-17H2,1-7H3. The molecule has 0 saturated carbocycles. The Bertz CT molecular complexity index is 1140. The summed E-state index contributed by atoms with van der Waals surface area (Å²) < 4.78 is 9.26. The van der Waals surface area contributed by atoms with Gasteiger partial charge in [-0.2, -0.15) is 0 Å². The first kappa shape index (κ1) is 26.7. The molecular weight excluding hydrogens is 444 g/mol. The molecule has 0 bridgehead atoms. The van der Waals surface area contributed by atoms with Gasteiger partial charge in [0.15, 0.2) is 5.78 Å². The van der Waals surface area contributed by atoms with Crippen LogP contribution in [0.2, 0.25) is 0 Å². The van der Waals surface area contributed by atoms with Gasteiger partial charge >= 0.3 is 5.69 Å². The van der Waals surface area contributed by atoms with E-state index < -0.39 is 0 Å². The zero-order valence-corrected chi connectivity index (χ0v) is 22.2. The van der Waals surface area contributed by atoms with Crippen LogP contribution in [0.5, 0.6) is 5.75 Å². The molecule has 1 aliphatic heterocycles. The number of piperazine rings is 1. The Morgan fingerprint density at radius 3 is 2.03 bits per heavy atom. The number of ether oxygens (including phenoxy) is 1. The van der Waals surface area contributed by atoms with Gasteiger partial charge in [0.2, 0.25) is 0 Å². The summed E-state index contributed by atoms with van der Waals surface area (Å²) in [6, 6.07) is 8.68. The molecule has 1 aromatic carbocycles. The maximum Gasteiger partial charge on any atom is 0.333 e. The molecular formula is C27H40N4O4. The lowest BCUT2D eigenvalue weighted by Crippen LogP contribution is -2.51. The van der Waals surface area contributed by atoms with E-state index in [9.17, 15) is 14.4 Å². The molecule has 35 heavy (non-hydrogen) atoms. The van der Waals surface area contributed by atoms with Crippen molar-refractivity contribution in [3.05, 3.63) is 56.7 Å². The number of ketones is 1. The van der Waals surface area contributed by atoms with Gasteiger partial charge in [-0.25, -0.2) is 4.79 Å². The minimum absolute atomic E-state index is 0.0383. The summed E-state index contributed by atoms with van der Waals surface area (Å²) in [5, 5.41) is 0. The molecule has 1 aromatic heterocycles. The van der Waals surface area contributed by atoms with Crippen LogP contribution in [0.15, 0.2) is 39.9 Å². The molecule has 0 spiro atoms. The van der Waals surface area contributed by atoms with Crippen LogP contribution < -0.4 is 20.9 Å². The molecule has 0 N–H and O–H groups in total. The Balaban J connectivity index is 1.61. The number of Topliss-reactive ketones (excluding diaryl/α,β-unsaturated/α-hetero) is 1. The van der Waals surface area contributed by atoms with E-state index in [4.69, 9.17) is 4.74 Å². The van der Waals surface area contributed by atoms with Crippen LogP contribution >= 0.6 is 0 Å². The average molecular weight is 485 g/mol. The Hall–Kier alpha value is -2.87. The lowest BCUT2D eigenvalue weighted by molar-refractivity contribution is 0.0820. The Kier molecular flexibility index (Phi) is 8.26. The van der Waals surface area contributed by atoms with Gasteiger partial charge in [-0.15, -0.1) is 0 Å². The van der Waals surface area contributed by atoms with Crippen LogP contribution in [-0.2, 0) is 0 Å². The summed E-state index contributed by atoms with van der Waals surface area (Å²) in [6.45, 7) is 17.5. The van der Waals surface area contributed by atoms with Crippen molar-refractivity contribution in [3.8, 4) is 5.75 Å². The second-order valence-electron chi connectivity index (χ2n) is 10.6. The van der Waals surface area contributed by atoms with Crippen molar-refractivity contribution in [2.75, 3.05) is 37.6 Å². The highest BCUT2D eigenvalue weighted by Crippen LogP contribution is 2.23. The monoisotopic (exact) mass is 484 g/mol. The lowest BCUT2D eigenvalue weighted by Gasteiger charge is -2.38. The molecule has 1 saturated heterocycles. The topological polar surface area (TPSA) is 76.8 Å². The van der Waals surface area contributed by atoms with Crippen LogP contribution in [-0.4, -0.2) is 58.1 Å². The molecule has 1 fully saturated rings. The molecule has 2 heterocycles. The van der Waals surface area contributed by atoms with E-state index in [1.54, 1.807) is 29.7 Å². The lowest BCUT2D eigenvalue weighted by atomic mass is 10.0. The largest absolute Gasteiger partial charge is 0.488 e. The molecule has 192 valence electrons. The number of benzene rings is 1. The molecule has 8 heteroatoms. The van der Waals surface area contributed by atoms with E-state index >= 15 is 0 Å². The third-order valence-corrected chi connectivity index (χ3v) is 6.56. The molecule has 2 aromatic rings. The van der Waals surface area contributed by atoms with E-state index in [0.29, 0.717) is 11.4 Å². The second-order valence-corrected chi connectivity index (χ2v) is 10.6. The fourth-order valence-corrected chi connectivity index (χ4v) is 4.52. The molecule has 3 rings (SSSR count). The van der Waals surface area contributed by atoms with Crippen molar-refractivity contribution < 1.29 is 9.53 Å². The van der Waals surface area contributed by atoms with Gasteiger partial charge in [0.05, 0.1) is 0 Å². The summed E-state index contributed by atoms with van der Waals surface area (Å²) >= 11 is 0. The average Bonchev–Trinajstić information content (AvgIpc) is 2.77. The second kappa shape index (κ2) is 10.8. The van der Waals surface area contributed by atoms with E-state index in [2.05, 4.69) is 23.6 Å². The zero-order valence-electron chi connectivity index (χ0n) is 22.2. The van der Waals surface area contributed by atoms with E-state index in [0.717, 1.165) is 44.9 Å². The number of anilines is 1. The molecule has 1 aliphatic rings. The first-order valence-electron chi connectivity index (χ1n) is 12.5. The van der Waals surface area contributed by atoms with Gasteiger partial charge in [0.25, 0.3) is 5.56 Å². The number of hydrogen-bond acceptors (Lipinski definition) is 6. The minimum atomic E-state index is -0.353. The van der Waals surface area contributed by atoms with Crippen LogP contribution in [0.25, 0.3) is 0 Å². The summed E-state index contributed by atoms with van der Waals surface area (Å²) in [5.41, 5.74) is -0.156. The van der Waals surface area contributed by atoms with E-state index in [1.165, 1.54) is 4.57 Å². The van der Waals surface area contributed by atoms with Crippen molar-refractivity contribution >= 4 is 11.6 Å². The minimum Gasteiger partial charge on any atom is -0.488 e. The number of aromatic nitrogens is 2. The van der Waals surface area contributed by atoms with Gasteiger partial charge < -0.3 is 9.64 Å². The number of hydrogen-bond donors (Lipinski definition) is 0. The maximum atomic E-state index is 13.1. The number of carbonyl (C=O) groups is 1. The third-order valence-electron chi connectivity index (χ3n) is 6.56. The summed E-state index contributed by atoms with van der Waals surface area (Å²) in [6.07, 6.45) is 0.850. The number of rotatable bonds is 9. The first-order valence-corrected chi connectivity index (χ1v) is 12.5. The van der Waals surface area contributed by atoms with Crippen molar-refractivity contribution in [1.29, 1.82) is 0 Å².